The third-order valence-electron chi connectivity index (χ3n) is 2.99. The lowest BCUT2D eigenvalue weighted by molar-refractivity contribution is -0.139. The second kappa shape index (κ2) is 7.55. The van der Waals surface area contributed by atoms with Gasteiger partial charge in [0.05, 0.1) is 5.56 Å². The Balaban J connectivity index is 2.64. The van der Waals surface area contributed by atoms with E-state index in [0.717, 1.165) is 12.1 Å². The summed E-state index contributed by atoms with van der Waals surface area (Å²) < 4.78 is 42.4. The molecule has 1 unspecified atom stereocenters. The maximum atomic E-state index is 12.5. The largest absolute Gasteiger partial charge is 0.480 e. The molecule has 0 aliphatic rings. The first-order valence-corrected chi connectivity index (χ1v) is 7.27. The Morgan fingerprint density at radius 2 is 1.71 bits per heavy atom. The number of aliphatic carboxylic acids is 1. The van der Waals surface area contributed by atoms with E-state index in [1.54, 1.807) is 20.8 Å². The molecular formula is C16H20F3NO4. The van der Waals surface area contributed by atoms with Crippen LogP contribution in [0.4, 0.5) is 18.0 Å². The third-order valence-corrected chi connectivity index (χ3v) is 2.99. The van der Waals surface area contributed by atoms with Gasteiger partial charge in [-0.05, 0) is 51.3 Å². The Morgan fingerprint density at radius 3 is 2.12 bits per heavy atom. The van der Waals surface area contributed by atoms with E-state index in [0.29, 0.717) is 5.56 Å². The summed E-state index contributed by atoms with van der Waals surface area (Å²) in [5, 5.41) is 11.4. The number of hydrogen-bond acceptors (Lipinski definition) is 3. The summed E-state index contributed by atoms with van der Waals surface area (Å²) >= 11 is 0. The van der Waals surface area contributed by atoms with E-state index < -0.39 is 35.4 Å². The highest BCUT2D eigenvalue weighted by atomic mass is 19.4. The van der Waals surface area contributed by atoms with Crippen molar-refractivity contribution in [2.24, 2.45) is 0 Å². The molecule has 0 bridgehead atoms. The number of carboxylic acid groups (broad SMARTS) is 1. The normalized spacial score (nSPS) is 13.2. The number of nitrogens with one attached hydrogen (secondary N) is 1. The highest BCUT2D eigenvalue weighted by molar-refractivity contribution is 5.80. The van der Waals surface area contributed by atoms with E-state index in [-0.39, 0.29) is 12.8 Å². The Kier molecular flexibility index (Phi) is 6.22. The molecule has 0 saturated carbocycles. The van der Waals surface area contributed by atoms with E-state index in [1.807, 2.05) is 0 Å². The summed E-state index contributed by atoms with van der Waals surface area (Å²) in [7, 11) is 0. The van der Waals surface area contributed by atoms with E-state index in [1.165, 1.54) is 12.1 Å². The second-order valence-electron chi connectivity index (χ2n) is 6.27. The Labute approximate surface area is 137 Å². The smallest absolute Gasteiger partial charge is 0.416 e. The van der Waals surface area contributed by atoms with Gasteiger partial charge in [-0.15, -0.1) is 0 Å². The topological polar surface area (TPSA) is 75.6 Å². The highest BCUT2D eigenvalue weighted by Crippen LogP contribution is 2.29. The number of aryl methyl sites for hydroxylation is 1. The second-order valence-corrected chi connectivity index (χ2v) is 6.27. The van der Waals surface area contributed by atoms with Crippen LogP contribution >= 0.6 is 0 Å². The molecule has 1 atom stereocenters. The van der Waals surface area contributed by atoms with Gasteiger partial charge in [-0.3, -0.25) is 0 Å². The van der Waals surface area contributed by atoms with Gasteiger partial charge in [0, 0.05) is 0 Å². The van der Waals surface area contributed by atoms with Gasteiger partial charge < -0.3 is 15.2 Å². The number of carbonyl (C=O) groups excluding carboxylic acids is 1. The van der Waals surface area contributed by atoms with Gasteiger partial charge in [0.1, 0.15) is 11.6 Å². The maximum absolute atomic E-state index is 12.5. The summed E-state index contributed by atoms with van der Waals surface area (Å²) in [5.74, 6) is -1.24. The first kappa shape index (κ1) is 19.8. The van der Waals surface area contributed by atoms with E-state index in [4.69, 9.17) is 9.84 Å². The summed E-state index contributed by atoms with van der Waals surface area (Å²) in [5.41, 5.74) is -0.992. The van der Waals surface area contributed by atoms with Crippen molar-refractivity contribution in [1.29, 1.82) is 0 Å². The lowest BCUT2D eigenvalue weighted by Crippen LogP contribution is -2.43. The van der Waals surface area contributed by atoms with Crippen molar-refractivity contribution in [2.45, 2.75) is 51.4 Å². The highest BCUT2D eigenvalue weighted by Gasteiger charge is 2.30. The van der Waals surface area contributed by atoms with Crippen molar-refractivity contribution < 1.29 is 32.6 Å². The van der Waals surface area contributed by atoms with Crippen molar-refractivity contribution in [3.05, 3.63) is 35.4 Å². The number of rotatable bonds is 5. The molecule has 1 rings (SSSR count). The molecule has 8 heteroatoms. The van der Waals surface area contributed by atoms with Crippen LogP contribution in [0, 0.1) is 0 Å². The van der Waals surface area contributed by atoms with Crippen LogP contribution in [-0.4, -0.2) is 28.8 Å². The van der Waals surface area contributed by atoms with Crippen LogP contribution in [-0.2, 0) is 22.1 Å². The number of ether oxygens (including phenoxy) is 1. The lowest BCUT2D eigenvalue weighted by atomic mass is 10.0. The molecule has 0 radical (unpaired) electrons. The predicted octanol–water partition coefficient (Wildman–Crippen LogP) is 3.62. The van der Waals surface area contributed by atoms with Gasteiger partial charge in [-0.2, -0.15) is 13.2 Å². The minimum Gasteiger partial charge on any atom is -0.480 e. The zero-order valence-corrected chi connectivity index (χ0v) is 13.6. The fourth-order valence-corrected chi connectivity index (χ4v) is 1.88. The van der Waals surface area contributed by atoms with E-state index >= 15 is 0 Å². The van der Waals surface area contributed by atoms with Gasteiger partial charge >= 0.3 is 18.2 Å². The van der Waals surface area contributed by atoms with Gasteiger partial charge in [0.2, 0.25) is 0 Å². The summed E-state index contributed by atoms with van der Waals surface area (Å²) in [6.45, 7) is 4.93. The molecule has 1 amide bonds. The van der Waals surface area contributed by atoms with E-state index in [9.17, 15) is 22.8 Å². The molecule has 0 aliphatic heterocycles. The maximum Gasteiger partial charge on any atom is 0.416 e. The van der Waals surface area contributed by atoms with Crippen LogP contribution in [0.1, 0.15) is 38.3 Å². The number of carbonyl (C=O) groups is 2. The number of alkyl carbamates (subject to hydrolysis) is 1. The molecule has 2 N–H and O–H groups in total. The zero-order chi connectivity index (χ0) is 18.5. The molecule has 134 valence electrons. The quantitative estimate of drug-likeness (QED) is 0.853. The SMILES string of the molecule is CC(C)(C)OC(=O)NC(CCc1ccc(C(F)(F)F)cc1)C(=O)O. The van der Waals surface area contributed by atoms with Crippen molar-refractivity contribution in [1.82, 2.24) is 5.32 Å². The average Bonchev–Trinajstić information content (AvgIpc) is 2.40. The van der Waals surface area contributed by atoms with Crippen LogP contribution in [0.3, 0.4) is 0 Å². The Morgan fingerprint density at radius 1 is 1.17 bits per heavy atom. The Bertz CT molecular complexity index is 576. The van der Waals surface area contributed by atoms with Crippen LogP contribution in [0.25, 0.3) is 0 Å². The molecule has 5 nitrogen and oxygen atoms in total. The van der Waals surface area contributed by atoms with Crippen LogP contribution < -0.4 is 5.32 Å². The third kappa shape index (κ3) is 6.89. The van der Waals surface area contributed by atoms with Crippen LogP contribution in [0.15, 0.2) is 24.3 Å². The molecule has 0 aromatic heterocycles. The number of carboxylic acids is 1. The van der Waals surface area contributed by atoms with Crippen LogP contribution in [0.5, 0.6) is 0 Å². The predicted molar refractivity (Wildman–Crippen MR) is 80.6 cm³/mol. The van der Waals surface area contributed by atoms with Gasteiger partial charge in [-0.1, -0.05) is 12.1 Å². The molecule has 0 spiro atoms. The van der Waals surface area contributed by atoms with Gasteiger partial charge in [-0.25, -0.2) is 9.59 Å². The van der Waals surface area contributed by atoms with Crippen molar-refractivity contribution in [3.8, 4) is 0 Å². The first-order valence-electron chi connectivity index (χ1n) is 7.27. The number of halogens is 3. The fraction of sp³-hybridized carbons (Fsp3) is 0.500. The summed E-state index contributed by atoms with van der Waals surface area (Å²) in [6.07, 6.45) is -5.05. The lowest BCUT2D eigenvalue weighted by Gasteiger charge is -2.22. The van der Waals surface area contributed by atoms with Gasteiger partial charge in [0.15, 0.2) is 0 Å². The van der Waals surface area contributed by atoms with Gasteiger partial charge in [0.25, 0.3) is 0 Å². The molecule has 0 fully saturated rings. The Hall–Kier alpha value is -2.25. The monoisotopic (exact) mass is 347 g/mol. The summed E-state index contributed by atoms with van der Waals surface area (Å²) in [4.78, 5) is 22.8. The molecule has 0 saturated heterocycles. The van der Waals surface area contributed by atoms with Crippen LogP contribution in [0.2, 0.25) is 0 Å². The minimum atomic E-state index is -4.42. The minimum absolute atomic E-state index is 0.0277. The molecular weight excluding hydrogens is 327 g/mol. The number of alkyl halides is 3. The molecule has 0 heterocycles. The number of amides is 1. The molecule has 1 aromatic carbocycles. The zero-order valence-electron chi connectivity index (χ0n) is 13.6. The van der Waals surface area contributed by atoms with E-state index in [2.05, 4.69) is 5.32 Å². The van der Waals surface area contributed by atoms with Crippen molar-refractivity contribution >= 4 is 12.1 Å². The molecule has 0 aliphatic carbocycles. The first-order chi connectivity index (χ1) is 10.9. The fourth-order valence-electron chi connectivity index (χ4n) is 1.88. The summed E-state index contributed by atoms with van der Waals surface area (Å²) in [6, 6.07) is 3.26. The molecule has 24 heavy (non-hydrogen) atoms. The average molecular weight is 347 g/mol. The molecule has 1 aromatic rings. The number of benzene rings is 1. The van der Waals surface area contributed by atoms with Crippen molar-refractivity contribution in [3.63, 3.8) is 0 Å². The standard InChI is InChI=1S/C16H20F3NO4/c1-15(2,3)24-14(23)20-12(13(21)22)9-6-10-4-7-11(8-5-10)16(17,18)19/h4-5,7-8,12H,6,9H2,1-3H3,(H,20,23)(H,21,22). The van der Waals surface area contributed by atoms with Crippen molar-refractivity contribution in [2.75, 3.05) is 0 Å². The number of hydrogen-bond donors (Lipinski definition) is 2.